The van der Waals surface area contributed by atoms with E-state index in [4.69, 9.17) is 33.7 Å². The quantitative estimate of drug-likeness (QED) is 0.207. The molecule has 2 atom stereocenters. The number of anilines is 1. The number of hydrogen-bond donors (Lipinski definition) is 1. The molecular weight excluding hydrogens is 501 g/mol. The third-order valence-corrected chi connectivity index (χ3v) is 6.99. The van der Waals surface area contributed by atoms with Crippen LogP contribution < -0.4 is 5.73 Å². The molecule has 0 aliphatic carbocycles. The molecule has 1 saturated heterocycles. The number of ether oxygens (including phenoxy) is 1. The Morgan fingerprint density at radius 3 is 2.36 bits per heavy atom. The third-order valence-electron chi connectivity index (χ3n) is 6.27. The van der Waals surface area contributed by atoms with E-state index in [9.17, 15) is 14.4 Å². The zero-order valence-corrected chi connectivity index (χ0v) is 22.0. The fraction of sp³-hybridized carbons (Fsp3) is 0.370. The topological polar surface area (TPSA) is 92.9 Å². The van der Waals surface area contributed by atoms with Gasteiger partial charge in [0.25, 0.3) is 0 Å². The molecule has 2 aromatic rings. The van der Waals surface area contributed by atoms with Crippen LogP contribution in [-0.2, 0) is 19.1 Å². The SMILES string of the molecule is CCOC(=O)/C=C/C(=O)C(C(=O)N(C)[C@H](CN1CCCC1)c1ccccc1)c1cc(Cl)c(Cl)cc1N. The van der Waals surface area contributed by atoms with Crippen molar-refractivity contribution in [3.05, 3.63) is 75.8 Å². The number of nitrogens with two attached hydrogens (primary N) is 1. The van der Waals surface area contributed by atoms with E-state index < -0.39 is 23.6 Å². The Hall–Kier alpha value is -2.87. The first-order chi connectivity index (χ1) is 17.2. The second kappa shape index (κ2) is 12.9. The average Bonchev–Trinajstić information content (AvgIpc) is 3.38. The van der Waals surface area contributed by atoms with Crippen molar-refractivity contribution in [2.45, 2.75) is 31.7 Å². The van der Waals surface area contributed by atoms with E-state index in [2.05, 4.69) is 4.90 Å². The molecule has 3 rings (SSSR count). The molecule has 1 unspecified atom stereocenters. The first kappa shape index (κ1) is 27.7. The van der Waals surface area contributed by atoms with Crippen LogP contribution in [0.1, 0.15) is 42.9 Å². The predicted octanol–water partition coefficient (Wildman–Crippen LogP) is 4.64. The Kier molecular flexibility index (Phi) is 9.93. The molecule has 1 fully saturated rings. The minimum Gasteiger partial charge on any atom is -0.463 e. The Balaban J connectivity index is 2.01. The number of esters is 1. The molecule has 2 N–H and O–H groups in total. The number of carbonyl (C=O) groups excluding carboxylic acids is 3. The number of ketones is 1. The van der Waals surface area contributed by atoms with E-state index >= 15 is 0 Å². The van der Waals surface area contributed by atoms with Gasteiger partial charge in [-0.1, -0.05) is 53.5 Å². The summed E-state index contributed by atoms with van der Waals surface area (Å²) >= 11 is 12.3. The fourth-order valence-electron chi connectivity index (χ4n) is 4.37. The van der Waals surface area contributed by atoms with Crippen LogP contribution in [0.3, 0.4) is 0 Å². The summed E-state index contributed by atoms with van der Waals surface area (Å²) in [6.07, 6.45) is 4.28. The van der Waals surface area contributed by atoms with Gasteiger partial charge < -0.3 is 20.3 Å². The molecule has 36 heavy (non-hydrogen) atoms. The van der Waals surface area contributed by atoms with E-state index in [1.807, 2.05) is 30.3 Å². The number of amides is 1. The zero-order chi connectivity index (χ0) is 26.2. The molecule has 0 aromatic heterocycles. The number of likely N-dealkylation sites (N-methyl/N-ethyl adjacent to an activating group) is 1. The number of benzene rings is 2. The van der Waals surface area contributed by atoms with Crippen molar-refractivity contribution in [3.63, 3.8) is 0 Å². The third kappa shape index (κ3) is 6.87. The Bertz CT molecular complexity index is 1120. The number of allylic oxidation sites excluding steroid dienone is 1. The van der Waals surface area contributed by atoms with Gasteiger partial charge in [0.15, 0.2) is 5.78 Å². The lowest BCUT2D eigenvalue weighted by atomic mass is 9.90. The second-order valence-electron chi connectivity index (χ2n) is 8.70. The minimum atomic E-state index is -1.32. The van der Waals surface area contributed by atoms with Crippen molar-refractivity contribution in [1.29, 1.82) is 0 Å². The van der Waals surface area contributed by atoms with E-state index in [0.717, 1.165) is 43.6 Å². The lowest BCUT2D eigenvalue weighted by molar-refractivity contribution is -0.139. The van der Waals surface area contributed by atoms with Crippen LogP contribution >= 0.6 is 23.2 Å². The van der Waals surface area contributed by atoms with Gasteiger partial charge in [-0.25, -0.2) is 4.79 Å². The Morgan fingerprint density at radius 2 is 1.72 bits per heavy atom. The summed E-state index contributed by atoms with van der Waals surface area (Å²) in [6.45, 7) is 4.36. The number of hydrogen-bond acceptors (Lipinski definition) is 6. The van der Waals surface area contributed by atoms with E-state index in [1.165, 1.54) is 12.1 Å². The normalized spacial score (nSPS) is 15.6. The van der Waals surface area contributed by atoms with Crippen molar-refractivity contribution in [1.82, 2.24) is 9.80 Å². The number of nitrogens with zero attached hydrogens (tertiary/aromatic N) is 2. The number of rotatable bonds is 10. The molecule has 9 heteroatoms. The van der Waals surface area contributed by atoms with Crippen molar-refractivity contribution in [2.24, 2.45) is 0 Å². The molecule has 1 amide bonds. The van der Waals surface area contributed by atoms with Crippen molar-refractivity contribution in [2.75, 3.05) is 39.0 Å². The van der Waals surface area contributed by atoms with E-state index in [1.54, 1.807) is 18.9 Å². The standard InChI is InChI=1S/C27H31Cl2N3O4/c1-3-36-25(34)12-11-24(33)26(19-15-20(28)21(29)16-22(19)30)27(35)31(2)23(17-32-13-7-8-14-32)18-9-5-4-6-10-18/h4-6,9-12,15-16,23,26H,3,7-8,13-14,17,30H2,1-2H3/b12-11+/t23-,26?/m1/s1. The highest BCUT2D eigenvalue weighted by Gasteiger charge is 2.35. The fourth-order valence-corrected chi connectivity index (χ4v) is 4.71. The Morgan fingerprint density at radius 1 is 1.08 bits per heavy atom. The summed E-state index contributed by atoms with van der Waals surface area (Å²) in [6, 6.07) is 12.3. The van der Waals surface area contributed by atoms with Gasteiger partial charge in [0.1, 0.15) is 5.92 Å². The molecule has 192 valence electrons. The van der Waals surface area contributed by atoms with Crippen molar-refractivity contribution in [3.8, 4) is 0 Å². The van der Waals surface area contributed by atoms with Crippen LogP contribution in [0.25, 0.3) is 0 Å². The van der Waals surface area contributed by atoms with Gasteiger partial charge in [-0.3, -0.25) is 9.59 Å². The number of likely N-dealkylation sites (tertiary alicyclic amines) is 1. The van der Waals surface area contributed by atoms with Crippen LogP contribution in [0.2, 0.25) is 10.0 Å². The summed E-state index contributed by atoms with van der Waals surface area (Å²) in [5.41, 5.74) is 7.54. The maximum Gasteiger partial charge on any atom is 0.330 e. The average molecular weight is 532 g/mol. The van der Waals surface area contributed by atoms with Gasteiger partial charge in [-0.15, -0.1) is 0 Å². The van der Waals surface area contributed by atoms with Gasteiger partial charge in [-0.2, -0.15) is 0 Å². The van der Waals surface area contributed by atoms with Gasteiger partial charge in [0.05, 0.1) is 22.7 Å². The van der Waals surface area contributed by atoms with Crippen LogP contribution in [0.4, 0.5) is 5.69 Å². The number of nitrogen functional groups attached to an aromatic ring is 1. The minimum absolute atomic E-state index is 0.157. The summed E-state index contributed by atoms with van der Waals surface area (Å²) in [4.78, 5) is 43.1. The lowest BCUT2D eigenvalue weighted by Crippen LogP contribution is -2.42. The molecular formula is C27H31Cl2N3O4. The molecule has 7 nitrogen and oxygen atoms in total. The summed E-state index contributed by atoms with van der Waals surface area (Å²) < 4.78 is 4.87. The molecule has 0 spiro atoms. The zero-order valence-electron chi connectivity index (χ0n) is 20.5. The second-order valence-corrected chi connectivity index (χ2v) is 9.51. The van der Waals surface area contributed by atoms with Crippen molar-refractivity contribution >= 4 is 46.5 Å². The molecule has 1 heterocycles. The molecule has 2 aromatic carbocycles. The highest BCUT2D eigenvalue weighted by molar-refractivity contribution is 6.42. The first-order valence-corrected chi connectivity index (χ1v) is 12.7. The largest absolute Gasteiger partial charge is 0.463 e. The van der Waals surface area contributed by atoms with E-state index in [0.29, 0.717) is 6.54 Å². The van der Waals surface area contributed by atoms with Crippen LogP contribution in [0.15, 0.2) is 54.6 Å². The highest BCUT2D eigenvalue weighted by Crippen LogP contribution is 2.35. The number of carbonyl (C=O) groups is 3. The summed E-state index contributed by atoms with van der Waals surface area (Å²) in [7, 11) is 1.68. The lowest BCUT2D eigenvalue weighted by Gasteiger charge is -2.34. The number of halogens is 2. The summed E-state index contributed by atoms with van der Waals surface area (Å²) in [5, 5.41) is 0.378. The summed E-state index contributed by atoms with van der Waals surface area (Å²) in [5.74, 6) is -3.08. The Labute approximate surface area is 221 Å². The van der Waals surface area contributed by atoms with Gasteiger partial charge in [0, 0.05) is 25.4 Å². The molecule has 1 aliphatic heterocycles. The molecule has 1 aliphatic rings. The van der Waals surface area contributed by atoms with Crippen molar-refractivity contribution < 1.29 is 19.1 Å². The van der Waals surface area contributed by atoms with Gasteiger partial charge in [0.2, 0.25) is 5.91 Å². The van der Waals surface area contributed by atoms with Crippen LogP contribution in [0, 0.1) is 0 Å². The van der Waals surface area contributed by atoms with Crippen LogP contribution in [0.5, 0.6) is 0 Å². The molecule has 0 bridgehead atoms. The predicted molar refractivity (Wildman–Crippen MR) is 142 cm³/mol. The van der Waals surface area contributed by atoms with Gasteiger partial charge in [-0.05, 0) is 62.2 Å². The monoisotopic (exact) mass is 531 g/mol. The molecule has 0 radical (unpaired) electrons. The maximum absolute atomic E-state index is 14.0. The van der Waals surface area contributed by atoms with Gasteiger partial charge >= 0.3 is 5.97 Å². The molecule has 0 saturated carbocycles. The highest BCUT2D eigenvalue weighted by atomic mass is 35.5. The maximum atomic E-state index is 14.0. The van der Waals surface area contributed by atoms with Crippen LogP contribution in [-0.4, -0.2) is 60.7 Å². The van der Waals surface area contributed by atoms with E-state index in [-0.39, 0.29) is 33.9 Å². The first-order valence-electron chi connectivity index (χ1n) is 11.9. The smallest absolute Gasteiger partial charge is 0.330 e.